The van der Waals surface area contributed by atoms with Crippen molar-refractivity contribution in [3.05, 3.63) is 47.0 Å². The molecule has 0 aliphatic heterocycles. The summed E-state index contributed by atoms with van der Waals surface area (Å²) in [5, 5.41) is 10.1. The van der Waals surface area contributed by atoms with Gasteiger partial charge < -0.3 is 5.11 Å². The second-order valence-electron chi connectivity index (χ2n) is 4.19. The average Bonchev–Trinajstić information content (AvgIpc) is 2.88. The van der Waals surface area contributed by atoms with E-state index in [-0.39, 0.29) is 17.4 Å². The Kier molecular flexibility index (Phi) is 4.56. The van der Waals surface area contributed by atoms with Gasteiger partial charge in [0.25, 0.3) is 0 Å². The van der Waals surface area contributed by atoms with Gasteiger partial charge in [0.1, 0.15) is 0 Å². The normalized spacial score (nSPS) is 11.5. The van der Waals surface area contributed by atoms with E-state index in [1.807, 2.05) is 30.3 Å². The molecular weight excluding hydrogens is 314 g/mol. The predicted molar refractivity (Wildman–Crippen MR) is 79.5 cm³/mol. The maximum atomic E-state index is 12.1. The Morgan fingerprint density at radius 3 is 2.62 bits per heavy atom. The van der Waals surface area contributed by atoms with Crippen LogP contribution in [0, 0.1) is 0 Å². The van der Waals surface area contributed by atoms with E-state index in [9.17, 15) is 13.2 Å². The molecule has 1 heterocycles. The van der Waals surface area contributed by atoms with Crippen molar-refractivity contribution in [2.75, 3.05) is 11.8 Å². The third kappa shape index (κ3) is 4.00. The molecule has 0 spiro atoms. The van der Waals surface area contributed by atoms with Gasteiger partial charge in [-0.1, -0.05) is 30.3 Å². The van der Waals surface area contributed by atoms with Gasteiger partial charge in [0, 0.05) is 19.0 Å². The molecule has 1 aromatic heterocycles. The zero-order valence-corrected chi connectivity index (χ0v) is 12.7. The Labute approximate surface area is 126 Å². The number of hydrogen-bond acceptors (Lipinski definition) is 5. The highest BCUT2D eigenvalue weighted by molar-refractivity contribution is 7.90. The van der Waals surface area contributed by atoms with E-state index in [1.165, 1.54) is 12.4 Å². The second-order valence-corrected chi connectivity index (χ2v) is 6.83. The Morgan fingerprint density at radius 1 is 1.38 bits per heavy atom. The summed E-state index contributed by atoms with van der Waals surface area (Å²) < 4.78 is 27.6. The van der Waals surface area contributed by atoms with E-state index in [0.29, 0.717) is 0 Å². The van der Waals surface area contributed by atoms with Gasteiger partial charge >= 0.3 is 16.2 Å². The Balaban J connectivity index is 2.08. The van der Waals surface area contributed by atoms with Crippen LogP contribution in [0.1, 0.15) is 16.1 Å². The van der Waals surface area contributed by atoms with Crippen molar-refractivity contribution in [2.45, 2.75) is 6.54 Å². The van der Waals surface area contributed by atoms with Crippen molar-refractivity contribution >= 4 is 32.6 Å². The zero-order chi connectivity index (χ0) is 15.5. The highest BCUT2D eigenvalue weighted by atomic mass is 32.2. The van der Waals surface area contributed by atoms with Crippen LogP contribution in [0.15, 0.2) is 35.7 Å². The van der Waals surface area contributed by atoms with Crippen molar-refractivity contribution in [3.8, 4) is 0 Å². The molecule has 0 unspecified atom stereocenters. The number of aromatic nitrogens is 1. The third-order valence-electron chi connectivity index (χ3n) is 2.60. The number of rotatable bonds is 6. The van der Waals surface area contributed by atoms with Gasteiger partial charge in [-0.15, -0.1) is 11.3 Å². The van der Waals surface area contributed by atoms with Crippen molar-refractivity contribution in [1.29, 1.82) is 0 Å². The number of thiazole rings is 1. The molecule has 0 amide bonds. The largest absolute Gasteiger partial charge is 0.476 e. The van der Waals surface area contributed by atoms with E-state index in [1.54, 1.807) is 0 Å². The fourth-order valence-electron chi connectivity index (χ4n) is 1.53. The van der Waals surface area contributed by atoms with Crippen molar-refractivity contribution < 1.29 is 18.3 Å². The third-order valence-corrected chi connectivity index (χ3v) is 4.89. The van der Waals surface area contributed by atoms with Crippen LogP contribution in [0.5, 0.6) is 0 Å². The molecule has 1 aromatic carbocycles. The maximum absolute atomic E-state index is 12.1. The molecule has 2 rings (SSSR count). The molecule has 7 nitrogen and oxygen atoms in total. The van der Waals surface area contributed by atoms with Gasteiger partial charge in [0.05, 0.1) is 0 Å². The molecule has 0 fully saturated rings. The lowest BCUT2D eigenvalue weighted by Crippen LogP contribution is -2.32. The second kappa shape index (κ2) is 6.20. The fourth-order valence-corrected chi connectivity index (χ4v) is 3.31. The number of benzene rings is 1. The first-order valence-corrected chi connectivity index (χ1v) is 8.17. The summed E-state index contributed by atoms with van der Waals surface area (Å²) in [6, 6.07) is 9.13. The summed E-state index contributed by atoms with van der Waals surface area (Å²) >= 11 is 0.920. The molecule has 0 aliphatic rings. The lowest BCUT2D eigenvalue weighted by atomic mass is 10.2. The van der Waals surface area contributed by atoms with Crippen molar-refractivity contribution in [1.82, 2.24) is 9.29 Å². The summed E-state index contributed by atoms with van der Waals surface area (Å²) in [6.45, 7) is 0.202. The summed E-state index contributed by atoms with van der Waals surface area (Å²) in [5.41, 5.74) is 0.652. The number of anilines is 1. The predicted octanol–water partition coefficient (Wildman–Crippen LogP) is 1.63. The first-order chi connectivity index (χ1) is 9.88. The molecule has 9 heteroatoms. The number of carbonyl (C=O) groups is 1. The standard InChI is InChI=1S/C12H13N3O4S2/c1-15(7-9-5-3-2-4-6-9)21(18,19)14-12-13-10(8-20-12)11(16)17/h2-6,8H,7H2,1H3,(H,13,14)(H,16,17). The number of nitrogens with one attached hydrogen (secondary N) is 1. The number of aromatic carboxylic acids is 1. The van der Waals surface area contributed by atoms with Crippen LogP contribution < -0.4 is 4.72 Å². The SMILES string of the molecule is CN(Cc1ccccc1)S(=O)(=O)Nc1nc(C(=O)O)cs1. The topological polar surface area (TPSA) is 99.6 Å². The minimum Gasteiger partial charge on any atom is -0.476 e. The van der Waals surface area contributed by atoms with Crippen LogP contribution in [-0.2, 0) is 16.8 Å². The van der Waals surface area contributed by atoms with Gasteiger partial charge in [-0.2, -0.15) is 12.7 Å². The van der Waals surface area contributed by atoms with E-state index in [0.717, 1.165) is 21.2 Å². The highest BCUT2D eigenvalue weighted by Gasteiger charge is 2.20. The van der Waals surface area contributed by atoms with E-state index in [4.69, 9.17) is 5.11 Å². The van der Waals surface area contributed by atoms with Gasteiger partial charge in [-0.25, -0.2) is 14.5 Å². The molecule has 0 radical (unpaired) electrons. The Hall–Kier alpha value is -1.97. The molecule has 0 saturated heterocycles. The first-order valence-electron chi connectivity index (χ1n) is 5.85. The van der Waals surface area contributed by atoms with Crippen molar-refractivity contribution in [3.63, 3.8) is 0 Å². The van der Waals surface area contributed by atoms with E-state index in [2.05, 4.69) is 9.71 Å². The number of carboxylic acid groups (broad SMARTS) is 1. The van der Waals surface area contributed by atoms with E-state index < -0.39 is 16.2 Å². The molecule has 2 aromatic rings. The maximum Gasteiger partial charge on any atom is 0.355 e. The molecule has 112 valence electrons. The van der Waals surface area contributed by atoms with Crippen LogP contribution in [-0.4, -0.2) is 35.8 Å². The summed E-state index contributed by atoms with van der Waals surface area (Å²) in [7, 11) is -2.35. The molecule has 0 bridgehead atoms. The van der Waals surface area contributed by atoms with Crippen LogP contribution in [0.4, 0.5) is 5.13 Å². The first kappa shape index (κ1) is 15.4. The van der Waals surface area contributed by atoms with Gasteiger partial charge in [0.15, 0.2) is 10.8 Å². The summed E-state index contributed by atoms with van der Waals surface area (Å²) in [4.78, 5) is 14.4. The number of nitrogens with zero attached hydrogens (tertiary/aromatic N) is 2. The number of carboxylic acids is 1. The molecule has 21 heavy (non-hydrogen) atoms. The van der Waals surface area contributed by atoms with Crippen LogP contribution >= 0.6 is 11.3 Å². The Bertz CT molecular complexity index is 728. The van der Waals surface area contributed by atoms with Crippen molar-refractivity contribution in [2.24, 2.45) is 0 Å². The minimum absolute atomic E-state index is 0.0207. The fraction of sp³-hybridized carbons (Fsp3) is 0.167. The summed E-state index contributed by atoms with van der Waals surface area (Å²) in [6.07, 6.45) is 0. The van der Waals surface area contributed by atoms with Crippen LogP contribution in [0.3, 0.4) is 0 Å². The average molecular weight is 327 g/mol. The molecule has 0 saturated carbocycles. The van der Waals surface area contributed by atoms with Gasteiger partial charge in [-0.3, -0.25) is 0 Å². The zero-order valence-electron chi connectivity index (χ0n) is 11.1. The van der Waals surface area contributed by atoms with Crippen LogP contribution in [0.25, 0.3) is 0 Å². The lowest BCUT2D eigenvalue weighted by molar-refractivity contribution is 0.0691. The number of hydrogen-bond donors (Lipinski definition) is 2. The van der Waals surface area contributed by atoms with Crippen LogP contribution in [0.2, 0.25) is 0 Å². The Morgan fingerprint density at radius 2 is 2.05 bits per heavy atom. The smallest absolute Gasteiger partial charge is 0.355 e. The van der Waals surface area contributed by atoms with Gasteiger partial charge in [-0.05, 0) is 5.56 Å². The monoisotopic (exact) mass is 327 g/mol. The molecule has 0 atom stereocenters. The minimum atomic E-state index is -3.79. The van der Waals surface area contributed by atoms with Gasteiger partial charge in [0.2, 0.25) is 0 Å². The molecular formula is C12H13N3O4S2. The summed E-state index contributed by atoms with van der Waals surface area (Å²) in [5.74, 6) is -1.20. The lowest BCUT2D eigenvalue weighted by Gasteiger charge is -2.17. The molecule has 2 N–H and O–H groups in total. The van der Waals surface area contributed by atoms with E-state index >= 15 is 0 Å². The quantitative estimate of drug-likeness (QED) is 0.840. The highest BCUT2D eigenvalue weighted by Crippen LogP contribution is 2.18. The molecule has 0 aliphatic carbocycles.